The van der Waals surface area contributed by atoms with Gasteiger partial charge in [-0.1, -0.05) is 18.2 Å². The molecule has 34 heavy (non-hydrogen) atoms. The Morgan fingerprint density at radius 2 is 1.32 bits per heavy atom. The van der Waals surface area contributed by atoms with Gasteiger partial charge in [-0.3, -0.25) is 19.2 Å². The van der Waals surface area contributed by atoms with Gasteiger partial charge in [-0.25, -0.2) is 4.79 Å². The highest BCUT2D eigenvalue weighted by molar-refractivity contribution is 5.72. The molecule has 186 valence electrons. The number of hydrogen-bond donors (Lipinski definition) is 0. The molecule has 1 fully saturated rings. The summed E-state index contributed by atoms with van der Waals surface area (Å²) in [5, 5.41) is 0. The molecule has 0 amide bonds. The molecule has 5 atom stereocenters. The van der Waals surface area contributed by atoms with E-state index in [0.29, 0.717) is 5.75 Å². The molecule has 1 aromatic carbocycles. The first-order valence-electron chi connectivity index (χ1n) is 10.2. The van der Waals surface area contributed by atoms with Crippen molar-refractivity contribution in [2.24, 2.45) is 0 Å². The largest absolute Gasteiger partial charge is 0.482 e. The van der Waals surface area contributed by atoms with E-state index in [-0.39, 0.29) is 0 Å². The summed E-state index contributed by atoms with van der Waals surface area (Å²) in [6.45, 7) is 3.43. The van der Waals surface area contributed by atoms with Gasteiger partial charge in [0.15, 0.2) is 18.8 Å². The van der Waals surface area contributed by atoms with E-state index in [4.69, 9.17) is 33.2 Å². The quantitative estimate of drug-likeness (QED) is 0.360. The van der Waals surface area contributed by atoms with Crippen LogP contribution < -0.4 is 4.74 Å². The Morgan fingerprint density at radius 3 is 1.88 bits per heavy atom. The van der Waals surface area contributed by atoms with Gasteiger partial charge < -0.3 is 33.2 Å². The molecular formula is C22H26O12. The third-order valence-corrected chi connectivity index (χ3v) is 4.30. The van der Waals surface area contributed by atoms with Crippen LogP contribution in [0.15, 0.2) is 30.3 Å². The lowest BCUT2D eigenvalue weighted by molar-refractivity contribution is -0.300. The van der Waals surface area contributed by atoms with Crippen LogP contribution in [0.2, 0.25) is 0 Å². The lowest BCUT2D eigenvalue weighted by Gasteiger charge is -2.43. The summed E-state index contributed by atoms with van der Waals surface area (Å²) in [4.78, 5) is 59.1. The first kappa shape index (κ1) is 26.6. The molecule has 0 spiro atoms. The summed E-state index contributed by atoms with van der Waals surface area (Å²) in [5.74, 6) is -3.57. The van der Waals surface area contributed by atoms with Crippen molar-refractivity contribution in [1.29, 1.82) is 0 Å². The second-order valence-electron chi connectivity index (χ2n) is 7.16. The average Bonchev–Trinajstić information content (AvgIpc) is 2.74. The Bertz CT molecular complexity index is 883. The summed E-state index contributed by atoms with van der Waals surface area (Å²) in [6.07, 6.45) is -7.15. The normalized spacial score (nSPS) is 23.7. The molecule has 0 N–H and O–H groups in total. The Balaban J connectivity index is 2.33. The van der Waals surface area contributed by atoms with Crippen molar-refractivity contribution in [2.75, 3.05) is 13.2 Å². The molecule has 1 aliphatic rings. The third-order valence-electron chi connectivity index (χ3n) is 4.30. The fraction of sp³-hybridized carbons (Fsp3) is 0.500. The fourth-order valence-electron chi connectivity index (χ4n) is 3.10. The van der Waals surface area contributed by atoms with Crippen LogP contribution in [-0.2, 0) is 52.4 Å². The van der Waals surface area contributed by atoms with Crippen LogP contribution in [0.4, 0.5) is 0 Å². The van der Waals surface area contributed by atoms with E-state index in [1.807, 2.05) is 0 Å². The summed E-state index contributed by atoms with van der Waals surface area (Å²) in [7, 11) is 0. The Morgan fingerprint density at radius 1 is 0.735 bits per heavy atom. The highest BCUT2D eigenvalue weighted by Gasteiger charge is 2.53. The molecule has 1 heterocycles. The second-order valence-corrected chi connectivity index (χ2v) is 7.16. The van der Waals surface area contributed by atoms with Crippen LogP contribution in [0.5, 0.6) is 5.75 Å². The molecule has 0 bridgehead atoms. The molecule has 0 aromatic heterocycles. The van der Waals surface area contributed by atoms with Gasteiger partial charge in [0.25, 0.3) is 0 Å². The second kappa shape index (κ2) is 12.5. The maximum absolute atomic E-state index is 12.6. The van der Waals surface area contributed by atoms with Gasteiger partial charge >= 0.3 is 29.8 Å². The van der Waals surface area contributed by atoms with Crippen molar-refractivity contribution in [3.05, 3.63) is 30.3 Å². The average molecular weight is 482 g/mol. The van der Waals surface area contributed by atoms with Crippen molar-refractivity contribution < 1.29 is 57.1 Å². The van der Waals surface area contributed by atoms with Crippen LogP contribution in [0.25, 0.3) is 0 Å². The number of carbonyl (C=O) groups excluding carboxylic acids is 5. The van der Waals surface area contributed by atoms with Crippen LogP contribution in [0.1, 0.15) is 27.7 Å². The predicted molar refractivity (Wildman–Crippen MR) is 110 cm³/mol. The SMILES string of the molecule is CC(=O)OC[C@H]1O[C@@H](OC(C)=O)[C@@H](OC(C)=O)[C@@H](OC(=O)COc2ccccc2)[C@@H]1OC(C)=O. The lowest BCUT2D eigenvalue weighted by Crippen LogP contribution is -2.63. The molecule has 1 aromatic rings. The monoisotopic (exact) mass is 482 g/mol. The van der Waals surface area contributed by atoms with E-state index < -0.39 is 73.8 Å². The lowest BCUT2D eigenvalue weighted by atomic mass is 9.98. The van der Waals surface area contributed by atoms with Gasteiger partial charge in [0.1, 0.15) is 18.5 Å². The summed E-state index contributed by atoms with van der Waals surface area (Å²) in [6, 6.07) is 8.42. The molecule has 12 heteroatoms. The van der Waals surface area contributed by atoms with Gasteiger partial charge in [0.05, 0.1) is 0 Å². The standard InChI is InChI=1S/C22H26O12/c1-12(23)28-10-17-19(30-13(2)24)20(21(31-14(3)25)22(33-17)32-15(4)26)34-18(27)11-29-16-8-6-5-7-9-16/h5-9,17,19-22H,10-11H2,1-4H3/t17-,19-,20+,21+,22-/m1/s1. The minimum atomic E-state index is -1.55. The van der Waals surface area contributed by atoms with Gasteiger partial charge in [0.2, 0.25) is 12.4 Å². The molecule has 12 nitrogen and oxygen atoms in total. The van der Waals surface area contributed by atoms with E-state index in [1.54, 1.807) is 30.3 Å². The van der Waals surface area contributed by atoms with Gasteiger partial charge in [-0.2, -0.15) is 0 Å². The zero-order chi connectivity index (χ0) is 25.3. The van der Waals surface area contributed by atoms with Crippen molar-refractivity contribution >= 4 is 29.8 Å². The number of hydrogen-bond acceptors (Lipinski definition) is 12. The highest BCUT2D eigenvalue weighted by Crippen LogP contribution is 2.30. The molecule has 0 saturated carbocycles. The van der Waals surface area contributed by atoms with E-state index in [1.165, 1.54) is 0 Å². The predicted octanol–water partition coefficient (Wildman–Crippen LogP) is 0.692. The van der Waals surface area contributed by atoms with Crippen molar-refractivity contribution in [2.45, 2.75) is 58.4 Å². The molecule has 0 aliphatic carbocycles. The summed E-state index contributed by atoms with van der Waals surface area (Å²) in [5.41, 5.74) is 0. The molecule has 0 radical (unpaired) electrons. The minimum absolute atomic E-state index is 0.394. The zero-order valence-electron chi connectivity index (χ0n) is 19.1. The van der Waals surface area contributed by atoms with Crippen LogP contribution in [0, 0.1) is 0 Å². The number of carbonyl (C=O) groups is 5. The van der Waals surface area contributed by atoms with Crippen molar-refractivity contribution in [3.8, 4) is 5.75 Å². The van der Waals surface area contributed by atoms with Crippen molar-refractivity contribution in [3.63, 3.8) is 0 Å². The first-order valence-corrected chi connectivity index (χ1v) is 10.2. The van der Waals surface area contributed by atoms with Crippen molar-refractivity contribution in [1.82, 2.24) is 0 Å². The highest BCUT2D eigenvalue weighted by atomic mass is 16.7. The van der Waals surface area contributed by atoms with Gasteiger partial charge in [0, 0.05) is 27.7 Å². The Hall–Kier alpha value is -3.67. The summed E-state index contributed by atoms with van der Waals surface area (Å²) >= 11 is 0. The minimum Gasteiger partial charge on any atom is -0.482 e. The fourth-order valence-corrected chi connectivity index (χ4v) is 3.10. The van der Waals surface area contributed by atoms with Crippen LogP contribution in [0.3, 0.4) is 0 Å². The van der Waals surface area contributed by atoms with Crippen LogP contribution >= 0.6 is 0 Å². The van der Waals surface area contributed by atoms with E-state index in [2.05, 4.69) is 0 Å². The molecule has 2 rings (SSSR count). The molecule has 1 aliphatic heterocycles. The zero-order valence-corrected chi connectivity index (χ0v) is 19.1. The number of esters is 5. The van der Waals surface area contributed by atoms with Gasteiger partial charge in [-0.15, -0.1) is 0 Å². The molecule has 0 unspecified atom stereocenters. The number of ether oxygens (including phenoxy) is 7. The third kappa shape index (κ3) is 8.35. The topological polar surface area (TPSA) is 150 Å². The maximum Gasteiger partial charge on any atom is 0.344 e. The molecular weight excluding hydrogens is 456 g/mol. The van der Waals surface area contributed by atoms with Crippen LogP contribution in [-0.4, -0.2) is 73.8 Å². The molecule has 1 saturated heterocycles. The van der Waals surface area contributed by atoms with E-state index in [0.717, 1.165) is 27.7 Å². The maximum atomic E-state index is 12.6. The number of rotatable bonds is 9. The van der Waals surface area contributed by atoms with E-state index in [9.17, 15) is 24.0 Å². The van der Waals surface area contributed by atoms with E-state index >= 15 is 0 Å². The smallest absolute Gasteiger partial charge is 0.344 e. The number of para-hydroxylation sites is 1. The Labute approximate surface area is 195 Å². The first-order chi connectivity index (χ1) is 16.1. The number of benzene rings is 1. The van der Waals surface area contributed by atoms with Gasteiger partial charge in [-0.05, 0) is 12.1 Å². The Kier molecular flexibility index (Phi) is 9.80. The summed E-state index contributed by atoms with van der Waals surface area (Å²) < 4.78 is 37.0.